The lowest BCUT2D eigenvalue weighted by molar-refractivity contribution is 0.214. The van der Waals surface area contributed by atoms with E-state index in [1.54, 1.807) is 0 Å². The molecule has 0 saturated carbocycles. The van der Waals surface area contributed by atoms with Crippen LogP contribution in [0.4, 0.5) is 0 Å². The molecule has 0 heterocycles. The van der Waals surface area contributed by atoms with Gasteiger partial charge in [0.15, 0.2) is 5.71 Å². The predicted molar refractivity (Wildman–Crippen MR) is 82.7 cm³/mol. The molecular weight excluding hydrogens is 246 g/mol. The fourth-order valence-corrected chi connectivity index (χ4v) is 1.79. The molecule has 0 fully saturated rings. The third-order valence-electron chi connectivity index (χ3n) is 2.92. The van der Waals surface area contributed by atoms with Crippen LogP contribution in [-0.2, 0) is 11.3 Å². The summed E-state index contributed by atoms with van der Waals surface area (Å²) in [6.45, 7) is 2.14. The molecule has 0 spiro atoms. The van der Waals surface area contributed by atoms with E-state index in [9.17, 15) is 0 Å². The number of oxime groups is 1. The number of aryl methyl sites for hydroxylation is 1. The number of hydrogen-bond acceptors (Lipinski definition) is 2. The molecule has 0 aliphatic heterocycles. The molecule has 0 unspecified atom stereocenters. The Labute approximate surface area is 120 Å². The first-order valence-electron chi connectivity index (χ1n) is 6.61. The molecule has 0 aliphatic carbocycles. The summed E-state index contributed by atoms with van der Waals surface area (Å²) in [6, 6.07) is 18.1. The van der Waals surface area contributed by atoms with Gasteiger partial charge < -0.3 is 4.84 Å². The lowest BCUT2D eigenvalue weighted by Crippen LogP contribution is -1.97. The first-order valence-corrected chi connectivity index (χ1v) is 6.61. The summed E-state index contributed by atoms with van der Waals surface area (Å²) in [5.74, 6) is 6.18. The van der Waals surface area contributed by atoms with E-state index in [4.69, 9.17) is 4.84 Å². The molecule has 2 aromatic carbocycles. The molecule has 20 heavy (non-hydrogen) atoms. The maximum absolute atomic E-state index is 4.87. The number of hydrogen-bond donors (Lipinski definition) is 0. The number of rotatable bonds is 3. The van der Waals surface area contributed by atoms with Crippen LogP contribution in [0.3, 0.4) is 0 Å². The van der Waals surface area contributed by atoms with Gasteiger partial charge in [-0.05, 0) is 30.0 Å². The van der Waals surface area contributed by atoms with Crippen LogP contribution in [-0.4, -0.2) is 12.8 Å². The molecule has 2 nitrogen and oxygen atoms in total. The molecule has 0 N–H and O–H groups in total. The minimum Gasteiger partial charge on any atom is -0.398 e. The maximum Gasteiger partial charge on any atom is 0.160 e. The molecule has 0 radical (unpaired) electrons. The SMILES string of the molecule is CCc1ccc(C#CC(=NOC)c2ccccc2)cc1. The largest absolute Gasteiger partial charge is 0.398 e. The second kappa shape index (κ2) is 7.16. The van der Waals surface area contributed by atoms with Gasteiger partial charge in [-0.25, -0.2) is 0 Å². The van der Waals surface area contributed by atoms with Crippen LogP contribution in [0.15, 0.2) is 59.8 Å². The molecule has 2 rings (SSSR count). The van der Waals surface area contributed by atoms with Crippen molar-refractivity contribution < 1.29 is 4.84 Å². The molecule has 100 valence electrons. The third-order valence-corrected chi connectivity index (χ3v) is 2.92. The summed E-state index contributed by atoms with van der Waals surface area (Å²) in [5, 5.41) is 3.99. The van der Waals surface area contributed by atoms with Crippen molar-refractivity contribution in [2.75, 3.05) is 7.11 Å². The maximum atomic E-state index is 4.87. The Morgan fingerprint density at radius 3 is 2.35 bits per heavy atom. The quantitative estimate of drug-likeness (QED) is 0.470. The molecule has 0 amide bonds. The van der Waals surface area contributed by atoms with E-state index in [-0.39, 0.29) is 0 Å². The summed E-state index contributed by atoms with van der Waals surface area (Å²) >= 11 is 0. The van der Waals surface area contributed by atoms with Crippen LogP contribution in [0, 0.1) is 11.8 Å². The zero-order chi connectivity index (χ0) is 14.2. The van der Waals surface area contributed by atoms with E-state index in [1.807, 2.05) is 42.5 Å². The van der Waals surface area contributed by atoms with Gasteiger partial charge in [-0.15, -0.1) is 0 Å². The molecule has 2 heteroatoms. The van der Waals surface area contributed by atoms with Gasteiger partial charge in [0.2, 0.25) is 0 Å². The average Bonchev–Trinajstić information content (AvgIpc) is 2.53. The molecule has 0 atom stereocenters. The Hall–Kier alpha value is -2.53. The minimum atomic E-state index is 0.632. The van der Waals surface area contributed by atoms with Gasteiger partial charge in [-0.3, -0.25) is 0 Å². The van der Waals surface area contributed by atoms with Crippen LogP contribution >= 0.6 is 0 Å². The predicted octanol–water partition coefficient (Wildman–Crippen LogP) is 3.65. The van der Waals surface area contributed by atoms with Gasteiger partial charge in [0, 0.05) is 11.1 Å². The Kier molecular flexibility index (Phi) is 4.97. The fraction of sp³-hybridized carbons (Fsp3) is 0.167. The Morgan fingerprint density at radius 2 is 1.75 bits per heavy atom. The third kappa shape index (κ3) is 3.73. The lowest BCUT2D eigenvalue weighted by Gasteiger charge is -1.98. The van der Waals surface area contributed by atoms with Gasteiger partial charge in [0.05, 0.1) is 0 Å². The first kappa shape index (κ1) is 13.9. The van der Waals surface area contributed by atoms with Crippen LogP contribution < -0.4 is 0 Å². The van der Waals surface area contributed by atoms with Crippen LogP contribution in [0.2, 0.25) is 0 Å². The van der Waals surface area contributed by atoms with Crippen molar-refractivity contribution in [1.82, 2.24) is 0 Å². The van der Waals surface area contributed by atoms with Crippen molar-refractivity contribution in [3.8, 4) is 11.8 Å². The standard InChI is InChI=1S/C18H17NO/c1-3-15-9-11-16(12-10-15)13-14-18(19-20-2)17-7-5-4-6-8-17/h4-12H,3H2,1-2H3. The Morgan fingerprint density at radius 1 is 1.05 bits per heavy atom. The minimum absolute atomic E-state index is 0.632. The van der Waals surface area contributed by atoms with E-state index >= 15 is 0 Å². The van der Waals surface area contributed by atoms with Crippen molar-refractivity contribution in [3.63, 3.8) is 0 Å². The van der Waals surface area contributed by atoms with Crippen LogP contribution in [0.25, 0.3) is 0 Å². The molecular formula is C18H17NO. The molecule has 0 bridgehead atoms. The number of nitrogens with zero attached hydrogens (tertiary/aromatic N) is 1. The van der Waals surface area contributed by atoms with Gasteiger partial charge >= 0.3 is 0 Å². The first-order chi connectivity index (χ1) is 9.83. The number of benzene rings is 2. The van der Waals surface area contributed by atoms with E-state index in [0.717, 1.165) is 17.5 Å². The monoisotopic (exact) mass is 263 g/mol. The summed E-state index contributed by atoms with van der Waals surface area (Å²) in [4.78, 5) is 4.87. The van der Waals surface area contributed by atoms with Gasteiger partial charge in [0.25, 0.3) is 0 Å². The van der Waals surface area contributed by atoms with E-state index in [1.165, 1.54) is 12.7 Å². The summed E-state index contributed by atoms with van der Waals surface area (Å²) < 4.78 is 0. The van der Waals surface area contributed by atoms with Gasteiger partial charge in [0.1, 0.15) is 7.11 Å². The topological polar surface area (TPSA) is 21.6 Å². The molecule has 0 saturated heterocycles. The Balaban J connectivity index is 2.25. The van der Waals surface area contributed by atoms with Gasteiger partial charge in [-0.2, -0.15) is 0 Å². The molecule has 2 aromatic rings. The van der Waals surface area contributed by atoms with E-state index in [0.29, 0.717) is 5.71 Å². The molecule has 0 aromatic heterocycles. The van der Waals surface area contributed by atoms with Crippen molar-refractivity contribution in [1.29, 1.82) is 0 Å². The zero-order valence-electron chi connectivity index (χ0n) is 11.8. The molecule has 0 aliphatic rings. The second-order valence-electron chi connectivity index (χ2n) is 4.29. The van der Waals surface area contributed by atoms with Crippen molar-refractivity contribution in [2.24, 2.45) is 5.16 Å². The lowest BCUT2D eigenvalue weighted by atomic mass is 10.1. The highest BCUT2D eigenvalue weighted by atomic mass is 16.6. The summed E-state index contributed by atoms with van der Waals surface area (Å²) in [6.07, 6.45) is 1.04. The highest BCUT2D eigenvalue weighted by molar-refractivity contribution is 6.12. The summed E-state index contributed by atoms with van der Waals surface area (Å²) in [7, 11) is 1.53. The smallest absolute Gasteiger partial charge is 0.160 e. The van der Waals surface area contributed by atoms with Crippen molar-refractivity contribution in [3.05, 3.63) is 71.3 Å². The van der Waals surface area contributed by atoms with Crippen LogP contribution in [0.5, 0.6) is 0 Å². The normalized spacial score (nSPS) is 10.6. The van der Waals surface area contributed by atoms with E-state index < -0.39 is 0 Å². The second-order valence-corrected chi connectivity index (χ2v) is 4.29. The van der Waals surface area contributed by atoms with Crippen molar-refractivity contribution in [2.45, 2.75) is 13.3 Å². The van der Waals surface area contributed by atoms with Crippen molar-refractivity contribution >= 4 is 5.71 Å². The zero-order valence-corrected chi connectivity index (χ0v) is 11.8. The highest BCUT2D eigenvalue weighted by Gasteiger charge is 1.99. The van der Waals surface area contributed by atoms with Crippen LogP contribution in [0.1, 0.15) is 23.6 Å². The fourth-order valence-electron chi connectivity index (χ4n) is 1.79. The summed E-state index contributed by atoms with van der Waals surface area (Å²) in [5.41, 5.74) is 3.87. The Bertz CT molecular complexity index is 631. The van der Waals surface area contributed by atoms with Gasteiger partial charge in [-0.1, -0.05) is 60.5 Å². The average molecular weight is 263 g/mol. The highest BCUT2D eigenvalue weighted by Crippen LogP contribution is 2.05. The van der Waals surface area contributed by atoms with E-state index in [2.05, 4.69) is 36.1 Å².